The predicted octanol–water partition coefficient (Wildman–Crippen LogP) is 4.29. The maximum atomic E-state index is 14.0. The van der Waals surface area contributed by atoms with Gasteiger partial charge in [-0.3, -0.25) is 19.8 Å². The number of aromatic nitrogens is 7. The molecule has 1 aliphatic heterocycles. The smallest absolute Gasteiger partial charge is 0.419 e. The van der Waals surface area contributed by atoms with Gasteiger partial charge in [-0.25, -0.2) is 38.1 Å². The summed E-state index contributed by atoms with van der Waals surface area (Å²) in [6.07, 6.45) is 7.71. The van der Waals surface area contributed by atoms with E-state index in [1.165, 1.54) is 24.4 Å². The normalized spacial score (nSPS) is 18.1. The van der Waals surface area contributed by atoms with E-state index >= 15 is 0 Å². The number of halogens is 3. The van der Waals surface area contributed by atoms with Gasteiger partial charge in [0.25, 0.3) is 0 Å². The van der Waals surface area contributed by atoms with Gasteiger partial charge in [-0.05, 0) is 51.3 Å². The van der Waals surface area contributed by atoms with E-state index in [-0.39, 0.29) is 41.1 Å². The van der Waals surface area contributed by atoms with Crippen molar-refractivity contribution in [2.45, 2.75) is 55.3 Å². The second-order valence-electron chi connectivity index (χ2n) is 12.2. The molecule has 6 rings (SSSR count). The first-order valence-corrected chi connectivity index (χ1v) is 18.0. The molecule has 0 radical (unpaired) electrons. The topological polar surface area (TPSA) is 178 Å². The number of methoxy groups -OCH3 is 1. The summed E-state index contributed by atoms with van der Waals surface area (Å²) in [7, 11) is -2.27. The van der Waals surface area contributed by atoms with Crippen LogP contribution in [-0.4, -0.2) is 106 Å². The number of nitrogens with one attached hydrogen (secondary N) is 1. The molecule has 2 aliphatic rings. The molecule has 1 amide bonds. The Bertz CT molecular complexity index is 1940. The van der Waals surface area contributed by atoms with Gasteiger partial charge in [-0.2, -0.15) is 13.2 Å². The highest BCUT2D eigenvalue weighted by molar-refractivity contribution is 7.90. The summed E-state index contributed by atoms with van der Waals surface area (Å²) in [5, 5.41) is 3.12. The lowest BCUT2D eigenvalue weighted by Crippen LogP contribution is -2.46. The van der Waals surface area contributed by atoms with Gasteiger partial charge in [0.1, 0.15) is 12.2 Å². The Morgan fingerprint density at radius 3 is 2.31 bits per heavy atom. The monoisotopic (exact) mass is 728 g/mol. The molecule has 51 heavy (non-hydrogen) atoms. The zero-order valence-electron chi connectivity index (χ0n) is 27.7. The van der Waals surface area contributed by atoms with Gasteiger partial charge in [-0.15, -0.1) is 0 Å². The Morgan fingerprint density at radius 2 is 1.71 bits per heavy atom. The van der Waals surface area contributed by atoms with Crippen LogP contribution in [0.1, 0.15) is 37.7 Å². The molecular formula is C32H35F3N10O5S. The van der Waals surface area contributed by atoms with Crippen LogP contribution in [0.2, 0.25) is 0 Å². The SMILES string of the molecule is COc1ncc(-c2cnc(N(C(=O)OCCN3CCC3)[C@H]3CC[C@H](Nc4ncc(C(F)(F)F)c(-c5cncc(S(C)(=O)=O)c5)n4)CC3)cn2)cn1. The second-order valence-corrected chi connectivity index (χ2v) is 14.2. The number of hydrogen-bond acceptors (Lipinski definition) is 14. The third-order valence-electron chi connectivity index (χ3n) is 8.67. The van der Waals surface area contributed by atoms with Crippen molar-refractivity contribution in [1.82, 2.24) is 39.8 Å². The summed E-state index contributed by atoms with van der Waals surface area (Å²) < 4.78 is 76.7. The fourth-order valence-corrected chi connectivity index (χ4v) is 6.40. The summed E-state index contributed by atoms with van der Waals surface area (Å²) in [6, 6.07) is 0.770. The van der Waals surface area contributed by atoms with E-state index in [9.17, 15) is 26.4 Å². The van der Waals surface area contributed by atoms with Crippen molar-refractivity contribution in [2.75, 3.05) is 49.8 Å². The van der Waals surface area contributed by atoms with E-state index in [4.69, 9.17) is 9.47 Å². The molecular weight excluding hydrogens is 693 g/mol. The Morgan fingerprint density at radius 1 is 0.961 bits per heavy atom. The molecule has 1 aliphatic carbocycles. The van der Waals surface area contributed by atoms with Crippen LogP contribution in [-0.2, 0) is 20.8 Å². The minimum absolute atomic E-state index is 0.0579. The zero-order valence-corrected chi connectivity index (χ0v) is 28.6. The molecule has 0 unspecified atom stereocenters. The molecule has 4 aromatic rings. The molecule has 15 nitrogen and oxygen atoms in total. The molecule has 4 aromatic heterocycles. The molecule has 0 spiro atoms. The number of alkyl halides is 3. The van der Waals surface area contributed by atoms with Gasteiger partial charge in [0.05, 0.1) is 35.8 Å². The van der Waals surface area contributed by atoms with Gasteiger partial charge in [0.15, 0.2) is 15.7 Å². The van der Waals surface area contributed by atoms with Crippen LogP contribution >= 0.6 is 0 Å². The highest BCUT2D eigenvalue weighted by Gasteiger charge is 2.37. The fraction of sp³-hybridized carbons (Fsp3) is 0.438. The predicted molar refractivity (Wildman–Crippen MR) is 178 cm³/mol. The molecule has 5 heterocycles. The molecule has 270 valence electrons. The van der Waals surface area contributed by atoms with Crippen LogP contribution in [0.25, 0.3) is 22.5 Å². The third-order valence-corrected chi connectivity index (χ3v) is 9.75. The number of rotatable bonds is 11. The Kier molecular flexibility index (Phi) is 10.6. The van der Waals surface area contributed by atoms with E-state index in [2.05, 4.69) is 45.1 Å². The molecule has 19 heteroatoms. The highest BCUT2D eigenvalue weighted by atomic mass is 32.2. The minimum Gasteiger partial charge on any atom is -0.467 e. The van der Waals surface area contributed by atoms with E-state index < -0.39 is 33.4 Å². The first kappa shape index (κ1) is 35.8. The molecule has 1 N–H and O–H groups in total. The molecule has 0 aromatic carbocycles. The van der Waals surface area contributed by atoms with Crippen LogP contribution in [0, 0.1) is 0 Å². The molecule has 1 saturated heterocycles. The quantitative estimate of drug-likeness (QED) is 0.231. The first-order valence-electron chi connectivity index (χ1n) is 16.1. The number of sulfone groups is 1. The average molecular weight is 729 g/mol. The second kappa shape index (κ2) is 15.1. The van der Waals surface area contributed by atoms with Crippen LogP contribution in [0.5, 0.6) is 6.01 Å². The van der Waals surface area contributed by atoms with Crippen molar-refractivity contribution in [3.8, 4) is 28.5 Å². The maximum absolute atomic E-state index is 14.0. The number of pyridine rings is 1. The lowest BCUT2D eigenvalue weighted by atomic mass is 9.90. The van der Waals surface area contributed by atoms with Crippen LogP contribution in [0.15, 0.2) is 54.3 Å². The third kappa shape index (κ3) is 8.65. The van der Waals surface area contributed by atoms with E-state index in [1.54, 1.807) is 12.4 Å². The number of carbonyl (C=O) groups is 1. The van der Waals surface area contributed by atoms with Crippen LogP contribution < -0.4 is 15.0 Å². The minimum atomic E-state index is -4.80. The summed E-state index contributed by atoms with van der Waals surface area (Å²) in [6.45, 7) is 2.78. The number of carbonyl (C=O) groups excluding carboxylic acids is 1. The zero-order chi connectivity index (χ0) is 36.2. The van der Waals surface area contributed by atoms with Crippen molar-refractivity contribution in [3.05, 3.63) is 55.0 Å². The summed E-state index contributed by atoms with van der Waals surface area (Å²) >= 11 is 0. The van der Waals surface area contributed by atoms with Crippen molar-refractivity contribution in [2.24, 2.45) is 0 Å². The van der Waals surface area contributed by atoms with Gasteiger partial charge in [-0.1, -0.05) is 0 Å². The van der Waals surface area contributed by atoms with E-state index in [0.29, 0.717) is 55.5 Å². The number of hydrogen-bond donors (Lipinski definition) is 1. The Balaban J connectivity index is 1.18. The summed E-state index contributed by atoms with van der Waals surface area (Å²) in [5.41, 5.74) is -0.635. The van der Waals surface area contributed by atoms with Crippen molar-refractivity contribution >= 4 is 27.7 Å². The van der Waals surface area contributed by atoms with E-state index in [1.807, 2.05) is 0 Å². The summed E-state index contributed by atoms with van der Waals surface area (Å²) in [5.74, 6) is 0.247. The van der Waals surface area contributed by atoms with Gasteiger partial charge < -0.3 is 14.8 Å². The molecule has 0 bridgehead atoms. The Hall–Kier alpha value is -5.04. The average Bonchev–Trinajstić information content (AvgIpc) is 3.10. The first-order chi connectivity index (χ1) is 24.4. The standard InChI is InChI=1S/C32H35F3N10O5S/c1-49-30-40-14-21(15-41-30)26-18-38-27(19-37-26)45(31(46)50-11-10-44-8-3-9-44)23-6-4-22(5-7-23)42-29-39-17-25(32(33,34)35)28(43-29)20-12-24(16-36-13-20)51(2,47)48/h12-19,22-23H,3-11H2,1-2H3,(H,39,42,43)/t22-,23-. The number of amides is 1. The van der Waals surface area contributed by atoms with E-state index in [0.717, 1.165) is 44.2 Å². The number of likely N-dealkylation sites (tertiary alicyclic amines) is 1. The van der Waals surface area contributed by atoms with Crippen LogP contribution in [0.3, 0.4) is 0 Å². The highest BCUT2D eigenvalue weighted by Crippen LogP contribution is 2.37. The fourth-order valence-electron chi connectivity index (χ4n) is 5.81. The van der Waals surface area contributed by atoms with Crippen molar-refractivity contribution in [1.29, 1.82) is 0 Å². The molecule has 0 atom stereocenters. The number of nitrogens with zero attached hydrogens (tertiary/aromatic N) is 9. The van der Waals surface area contributed by atoms with Gasteiger partial charge >= 0.3 is 18.3 Å². The number of ether oxygens (including phenoxy) is 2. The maximum Gasteiger partial charge on any atom is 0.419 e. The van der Waals surface area contributed by atoms with Crippen molar-refractivity contribution < 1.29 is 35.9 Å². The van der Waals surface area contributed by atoms with Gasteiger partial charge in [0, 0.05) is 67.0 Å². The van der Waals surface area contributed by atoms with Crippen molar-refractivity contribution in [3.63, 3.8) is 0 Å². The lowest BCUT2D eigenvalue weighted by molar-refractivity contribution is -0.137. The van der Waals surface area contributed by atoms with Gasteiger partial charge in [0.2, 0.25) is 5.95 Å². The molecule has 2 fully saturated rings. The largest absolute Gasteiger partial charge is 0.467 e. The lowest BCUT2D eigenvalue weighted by Gasteiger charge is -2.36. The number of anilines is 2. The van der Waals surface area contributed by atoms with Crippen LogP contribution in [0.4, 0.5) is 29.7 Å². The Labute approximate surface area is 291 Å². The summed E-state index contributed by atoms with van der Waals surface area (Å²) in [4.78, 5) is 46.1. The molecule has 1 saturated carbocycles.